The third-order valence-electron chi connectivity index (χ3n) is 4.50. The summed E-state index contributed by atoms with van der Waals surface area (Å²) in [7, 11) is 2.86. The largest absolute Gasteiger partial charge is 0.494 e. The Morgan fingerprint density at radius 1 is 1.27 bits per heavy atom. The fraction of sp³-hybridized carbons (Fsp3) is 0.765. The Bertz CT molecular complexity index is 447. The molecule has 0 bridgehead atoms. The van der Waals surface area contributed by atoms with Crippen LogP contribution in [0.2, 0.25) is 19.6 Å². The fourth-order valence-corrected chi connectivity index (χ4v) is 5.74. The van der Waals surface area contributed by atoms with Gasteiger partial charge in [-0.3, -0.25) is 4.90 Å². The van der Waals surface area contributed by atoms with Crippen molar-refractivity contribution >= 4 is 8.07 Å². The summed E-state index contributed by atoms with van der Waals surface area (Å²) in [4.78, 5) is 2.33. The van der Waals surface area contributed by atoms with Crippen molar-refractivity contribution in [1.29, 1.82) is 0 Å². The molecule has 1 aliphatic carbocycles. The van der Waals surface area contributed by atoms with Gasteiger partial charge in [0.2, 0.25) is 0 Å². The van der Waals surface area contributed by atoms with Gasteiger partial charge in [0.05, 0.1) is 33.4 Å². The van der Waals surface area contributed by atoms with Crippen LogP contribution in [0.3, 0.4) is 0 Å². The van der Waals surface area contributed by atoms with Crippen molar-refractivity contribution < 1.29 is 14.2 Å². The molecule has 1 fully saturated rings. The Morgan fingerprint density at radius 3 is 2.41 bits per heavy atom. The van der Waals surface area contributed by atoms with E-state index in [0.717, 1.165) is 31.8 Å². The third-order valence-corrected chi connectivity index (χ3v) is 6.70. The van der Waals surface area contributed by atoms with Crippen molar-refractivity contribution in [3.05, 3.63) is 23.1 Å². The summed E-state index contributed by atoms with van der Waals surface area (Å²) in [5, 5.41) is 1.53. The van der Waals surface area contributed by atoms with E-state index in [1.807, 2.05) is 6.92 Å². The summed E-state index contributed by atoms with van der Waals surface area (Å²) in [6, 6.07) is 0. The standard InChI is InChI=1S/C17H31NO3Si/c1-7-19-14-12-15(22(4,5)6)17(13-14,18(2)3)9-8-16-20-10-11-21-16/h12-13,16H,7-11H2,1-6H3. The van der Waals surface area contributed by atoms with E-state index in [1.165, 1.54) is 5.20 Å². The number of rotatable bonds is 7. The Hall–Kier alpha value is -0.623. The van der Waals surface area contributed by atoms with Crippen LogP contribution < -0.4 is 0 Å². The van der Waals surface area contributed by atoms with Gasteiger partial charge < -0.3 is 14.2 Å². The Labute approximate surface area is 136 Å². The molecule has 1 saturated heterocycles. The molecule has 0 aromatic carbocycles. The van der Waals surface area contributed by atoms with Crippen LogP contribution in [-0.4, -0.2) is 58.7 Å². The molecule has 2 aliphatic rings. The van der Waals surface area contributed by atoms with Gasteiger partial charge in [0.15, 0.2) is 6.29 Å². The molecule has 1 atom stereocenters. The van der Waals surface area contributed by atoms with Crippen LogP contribution in [0.15, 0.2) is 23.1 Å². The minimum Gasteiger partial charge on any atom is -0.494 e. The Kier molecular flexibility index (Phi) is 5.53. The summed E-state index contributed by atoms with van der Waals surface area (Å²) < 4.78 is 17.1. The predicted octanol–water partition coefficient (Wildman–Crippen LogP) is 3.18. The van der Waals surface area contributed by atoms with Crippen molar-refractivity contribution in [1.82, 2.24) is 4.90 Å². The molecule has 126 valence electrons. The molecule has 0 radical (unpaired) electrons. The molecule has 22 heavy (non-hydrogen) atoms. The second-order valence-electron chi connectivity index (χ2n) is 7.32. The lowest BCUT2D eigenvalue weighted by atomic mass is 9.93. The average Bonchev–Trinajstić information content (AvgIpc) is 3.03. The smallest absolute Gasteiger partial charge is 0.157 e. The van der Waals surface area contributed by atoms with E-state index >= 15 is 0 Å². The van der Waals surface area contributed by atoms with E-state index < -0.39 is 8.07 Å². The quantitative estimate of drug-likeness (QED) is 0.673. The summed E-state index contributed by atoms with van der Waals surface area (Å²) in [5.41, 5.74) is -0.0652. The highest BCUT2D eigenvalue weighted by Crippen LogP contribution is 2.42. The molecule has 1 aliphatic heterocycles. The minimum absolute atomic E-state index is 0.0516. The first-order valence-electron chi connectivity index (χ1n) is 8.28. The van der Waals surface area contributed by atoms with Crippen LogP contribution in [0.5, 0.6) is 0 Å². The van der Waals surface area contributed by atoms with Crippen LogP contribution in [-0.2, 0) is 14.2 Å². The molecule has 0 aromatic rings. The van der Waals surface area contributed by atoms with Crippen molar-refractivity contribution in [3.63, 3.8) is 0 Å². The molecule has 0 amide bonds. The lowest BCUT2D eigenvalue weighted by Gasteiger charge is -2.42. The number of allylic oxidation sites excluding steroid dienone is 1. The van der Waals surface area contributed by atoms with E-state index in [4.69, 9.17) is 14.2 Å². The summed E-state index contributed by atoms with van der Waals surface area (Å²) in [6.07, 6.45) is 6.45. The maximum Gasteiger partial charge on any atom is 0.157 e. The van der Waals surface area contributed by atoms with Gasteiger partial charge in [-0.05, 0) is 39.6 Å². The van der Waals surface area contributed by atoms with Crippen molar-refractivity contribution in [2.45, 2.75) is 51.2 Å². The zero-order valence-corrected chi connectivity index (χ0v) is 15.9. The van der Waals surface area contributed by atoms with E-state index in [0.29, 0.717) is 6.61 Å². The SMILES string of the molecule is CCOC1=CC(CCC2OCCO2)(N(C)C)C([Si](C)(C)C)=C1. The van der Waals surface area contributed by atoms with Crippen molar-refractivity contribution in [3.8, 4) is 0 Å². The minimum atomic E-state index is -1.46. The summed E-state index contributed by atoms with van der Waals surface area (Å²) in [6.45, 7) is 11.4. The molecule has 5 heteroatoms. The number of ether oxygens (including phenoxy) is 3. The Balaban J connectivity index is 2.26. The highest BCUT2D eigenvalue weighted by Gasteiger charge is 2.44. The van der Waals surface area contributed by atoms with E-state index in [-0.39, 0.29) is 11.8 Å². The van der Waals surface area contributed by atoms with E-state index in [9.17, 15) is 0 Å². The maximum absolute atomic E-state index is 5.82. The third kappa shape index (κ3) is 3.64. The number of hydrogen-bond donors (Lipinski definition) is 0. The van der Waals surface area contributed by atoms with Crippen LogP contribution in [0.4, 0.5) is 0 Å². The predicted molar refractivity (Wildman–Crippen MR) is 92.5 cm³/mol. The topological polar surface area (TPSA) is 30.9 Å². The van der Waals surface area contributed by atoms with Gasteiger partial charge in [-0.15, -0.1) is 0 Å². The highest BCUT2D eigenvalue weighted by atomic mass is 28.3. The zero-order chi connectivity index (χ0) is 16.4. The number of hydrogen-bond acceptors (Lipinski definition) is 4. The maximum atomic E-state index is 5.82. The molecule has 4 nitrogen and oxygen atoms in total. The zero-order valence-electron chi connectivity index (χ0n) is 14.9. The molecule has 0 saturated carbocycles. The van der Waals surface area contributed by atoms with Gasteiger partial charge in [-0.2, -0.15) is 0 Å². The molecule has 0 N–H and O–H groups in total. The first-order valence-corrected chi connectivity index (χ1v) is 11.8. The molecule has 0 aromatic heterocycles. The number of likely N-dealkylation sites (N-methyl/N-ethyl adjacent to an activating group) is 1. The Morgan fingerprint density at radius 2 is 1.91 bits per heavy atom. The van der Waals surface area contributed by atoms with Gasteiger partial charge >= 0.3 is 0 Å². The molecular formula is C17H31NO3Si. The molecule has 1 heterocycles. The highest BCUT2D eigenvalue weighted by molar-refractivity contribution is 6.83. The van der Waals surface area contributed by atoms with Gasteiger partial charge in [0.25, 0.3) is 0 Å². The summed E-state index contributed by atoms with van der Waals surface area (Å²) in [5.74, 6) is 1.02. The van der Waals surface area contributed by atoms with Gasteiger partial charge in [-0.25, -0.2) is 0 Å². The monoisotopic (exact) mass is 325 g/mol. The lowest BCUT2D eigenvalue weighted by molar-refractivity contribution is -0.0522. The first kappa shape index (κ1) is 17.7. The van der Waals surface area contributed by atoms with Crippen LogP contribution >= 0.6 is 0 Å². The van der Waals surface area contributed by atoms with Crippen LogP contribution in [0.25, 0.3) is 0 Å². The van der Waals surface area contributed by atoms with Gasteiger partial charge in [-0.1, -0.05) is 24.8 Å². The van der Waals surface area contributed by atoms with Crippen LogP contribution in [0.1, 0.15) is 19.8 Å². The normalized spacial score (nSPS) is 26.5. The number of nitrogens with zero attached hydrogens (tertiary/aromatic N) is 1. The molecule has 2 rings (SSSR count). The molecule has 0 spiro atoms. The summed E-state index contributed by atoms with van der Waals surface area (Å²) >= 11 is 0. The van der Waals surface area contributed by atoms with Gasteiger partial charge in [0.1, 0.15) is 5.76 Å². The van der Waals surface area contributed by atoms with Gasteiger partial charge in [0, 0.05) is 6.42 Å². The molecular weight excluding hydrogens is 294 g/mol. The van der Waals surface area contributed by atoms with E-state index in [2.05, 4.69) is 50.8 Å². The first-order chi connectivity index (χ1) is 10.3. The fourth-order valence-electron chi connectivity index (χ4n) is 3.45. The van der Waals surface area contributed by atoms with Crippen molar-refractivity contribution in [2.24, 2.45) is 0 Å². The lowest BCUT2D eigenvalue weighted by Crippen LogP contribution is -2.50. The van der Waals surface area contributed by atoms with Crippen molar-refractivity contribution in [2.75, 3.05) is 33.9 Å². The second-order valence-corrected chi connectivity index (χ2v) is 12.4. The molecule has 1 unspecified atom stereocenters. The van der Waals surface area contributed by atoms with Crippen LogP contribution in [0, 0.1) is 0 Å². The second kappa shape index (κ2) is 6.87. The average molecular weight is 326 g/mol. The van der Waals surface area contributed by atoms with E-state index in [1.54, 1.807) is 0 Å².